The van der Waals surface area contributed by atoms with Crippen LogP contribution in [0, 0.1) is 0 Å². The smallest absolute Gasteiger partial charge is 0.294 e. The first-order valence-corrected chi connectivity index (χ1v) is 8.69. The molecule has 0 atom stereocenters. The fourth-order valence-corrected chi connectivity index (χ4v) is 2.91. The number of carbonyl (C=O) groups is 2. The average Bonchev–Trinajstić information content (AvgIpc) is 3.01. The Hall–Kier alpha value is -3.08. The summed E-state index contributed by atoms with van der Waals surface area (Å²) in [5.41, 5.74) is 2.81. The van der Waals surface area contributed by atoms with E-state index in [4.69, 9.17) is 4.74 Å². The van der Waals surface area contributed by atoms with Crippen LogP contribution in [0.5, 0.6) is 5.75 Å². The van der Waals surface area contributed by atoms with Gasteiger partial charge in [-0.15, -0.1) is 0 Å². The predicted molar refractivity (Wildman–Crippen MR) is 102 cm³/mol. The quantitative estimate of drug-likeness (QED) is 0.544. The lowest BCUT2D eigenvalue weighted by atomic mass is 10.0. The molecule has 0 saturated carbocycles. The van der Waals surface area contributed by atoms with Crippen molar-refractivity contribution in [3.8, 4) is 16.9 Å². The summed E-state index contributed by atoms with van der Waals surface area (Å²) in [4.78, 5) is 25.2. The molecule has 3 rings (SSSR count). The molecule has 0 fully saturated rings. The molecule has 5 nitrogen and oxygen atoms in total. The van der Waals surface area contributed by atoms with Gasteiger partial charge in [-0.05, 0) is 56.7 Å². The number of hydrogen-bond donors (Lipinski definition) is 1. The number of benzene rings is 1. The first-order valence-electron chi connectivity index (χ1n) is 8.69. The van der Waals surface area contributed by atoms with E-state index in [-0.39, 0.29) is 6.04 Å². The number of hydrogen-bond acceptors (Lipinski definition) is 3. The summed E-state index contributed by atoms with van der Waals surface area (Å²) in [6.45, 7) is 6.18. The van der Waals surface area contributed by atoms with E-state index in [0.717, 1.165) is 22.4 Å². The summed E-state index contributed by atoms with van der Waals surface area (Å²) < 4.78 is 7.24. The molecule has 0 unspecified atom stereocenters. The summed E-state index contributed by atoms with van der Waals surface area (Å²) in [5.74, 6) is -0.379. The van der Waals surface area contributed by atoms with Gasteiger partial charge in [-0.25, -0.2) is 0 Å². The minimum Gasteiger partial charge on any atom is -0.494 e. The summed E-state index contributed by atoms with van der Waals surface area (Å²) in [6, 6.07) is 15.0. The maximum Gasteiger partial charge on any atom is 0.294 e. The molecule has 5 heteroatoms. The van der Waals surface area contributed by atoms with Crippen molar-refractivity contribution in [2.45, 2.75) is 26.8 Å². The number of carbonyl (C=O) groups excluding carboxylic acids is 2. The molecule has 0 aliphatic heterocycles. The molecule has 26 heavy (non-hydrogen) atoms. The van der Waals surface area contributed by atoms with Gasteiger partial charge in [0.25, 0.3) is 11.7 Å². The molecule has 2 aromatic heterocycles. The second-order valence-corrected chi connectivity index (χ2v) is 6.32. The SMILES string of the molecule is CCOc1ccc(-c2cc3ccccn3c2C(=O)C(=O)NC(C)C)cc1. The number of fused-ring (bicyclic) bond motifs is 1. The van der Waals surface area contributed by atoms with E-state index in [1.807, 2.05) is 69.3 Å². The molecule has 3 aromatic rings. The molecule has 0 bridgehead atoms. The monoisotopic (exact) mass is 350 g/mol. The van der Waals surface area contributed by atoms with Gasteiger partial charge in [0.15, 0.2) is 0 Å². The van der Waals surface area contributed by atoms with Gasteiger partial charge < -0.3 is 14.5 Å². The number of ketones is 1. The van der Waals surface area contributed by atoms with E-state index < -0.39 is 11.7 Å². The zero-order valence-corrected chi connectivity index (χ0v) is 15.2. The lowest BCUT2D eigenvalue weighted by Crippen LogP contribution is -2.36. The first-order chi connectivity index (χ1) is 12.5. The molecule has 1 amide bonds. The van der Waals surface area contributed by atoms with Crippen molar-refractivity contribution in [2.75, 3.05) is 6.61 Å². The van der Waals surface area contributed by atoms with Crippen LogP contribution in [-0.4, -0.2) is 28.7 Å². The predicted octanol–water partition coefficient (Wildman–Crippen LogP) is 3.71. The van der Waals surface area contributed by atoms with Crippen LogP contribution in [0.15, 0.2) is 54.7 Å². The van der Waals surface area contributed by atoms with Crippen LogP contribution < -0.4 is 10.1 Å². The largest absolute Gasteiger partial charge is 0.494 e. The normalized spacial score (nSPS) is 10.9. The molecule has 0 saturated heterocycles. The van der Waals surface area contributed by atoms with E-state index >= 15 is 0 Å². The number of pyridine rings is 1. The maximum absolute atomic E-state index is 12.9. The van der Waals surface area contributed by atoms with Crippen molar-refractivity contribution in [3.63, 3.8) is 0 Å². The molecule has 1 N–H and O–H groups in total. The van der Waals surface area contributed by atoms with Crippen molar-refractivity contribution in [1.82, 2.24) is 9.72 Å². The number of aromatic nitrogens is 1. The van der Waals surface area contributed by atoms with Gasteiger partial charge in [-0.1, -0.05) is 18.2 Å². The third-order valence-electron chi connectivity index (χ3n) is 4.00. The van der Waals surface area contributed by atoms with Crippen LogP contribution >= 0.6 is 0 Å². The third-order valence-corrected chi connectivity index (χ3v) is 4.00. The highest BCUT2D eigenvalue weighted by molar-refractivity contribution is 6.43. The van der Waals surface area contributed by atoms with Crippen LogP contribution in [0.1, 0.15) is 31.3 Å². The van der Waals surface area contributed by atoms with Crippen LogP contribution in [0.25, 0.3) is 16.6 Å². The number of nitrogens with zero attached hydrogens (tertiary/aromatic N) is 1. The molecular formula is C21H22N2O3. The Morgan fingerprint density at radius 1 is 1.12 bits per heavy atom. The van der Waals surface area contributed by atoms with Gasteiger partial charge >= 0.3 is 0 Å². The average molecular weight is 350 g/mol. The van der Waals surface area contributed by atoms with Gasteiger partial charge in [0, 0.05) is 23.3 Å². The minimum absolute atomic E-state index is 0.105. The molecular weight excluding hydrogens is 328 g/mol. The standard InChI is InChI=1S/C21H22N2O3/c1-4-26-17-10-8-15(9-11-17)18-13-16-7-5-6-12-23(16)19(18)20(24)21(25)22-14(2)3/h5-14H,4H2,1-3H3,(H,22,25). The fraction of sp³-hybridized carbons (Fsp3) is 0.238. The Labute approximate surface area is 152 Å². The lowest BCUT2D eigenvalue weighted by molar-refractivity contribution is -0.117. The topological polar surface area (TPSA) is 59.8 Å². The summed E-state index contributed by atoms with van der Waals surface area (Å²) in [5, 5.41) is 2.68. The number of rotatable bonds is 6. The van der Waals surface area contributed by atoms with E-state index in [2.05, 4.69) is 5.32 Å². The first kappa shape index (κ1) is 17.7. The van der Waals surface area contributed by atoms with Crippen LogP contribution in [-0.2, 0) is 4.79 Å². The number of nitrogens with one attached hydrogen (secondary N) is 1. The van der Waals surface area contributed by atoms with Gasteiger partial charge in [0.1, 0.15) is 11.4 Å². The highest BCUT2D eigenvalue weighted by Crippen LogP contribution is 2.29. The Kier molecular flexibility index (Phi) is 5.07. The van der Waals surface area contributed by atoms with Gasteiger partial charge in [0.2, 0.25) is 0 Å². The highest BCUT2D eigenvalue weighted by atomic mass is 16.5. The van der Waals surface area contributed by atoms with E-state index in [1.54, 1.807) is 10.6 Å². The second kappa shape index (κ2) is 7.44. The van der Waals surface area contributed by atoms with E-state index in [0.29, 0.717) is 12.3 Å². The van der Waals surface area contributed by atoms with Crippen LogP contribution in [0.2, 0.25) is 0 Å². The Bertz CT molecular complexity index is 940. The number of Topliss-reactive ketones (excluding diaryl/α,β-unsaturated/α-hetero) is 1. The van der Waals surface area contributed by atoms with Crippen molar-refractivity contribution in [2.24, 2.45) is 0 Å². The second-order valence-electron chi connectivity index (χ2n) is 6.32. The van der Waals surface area contributed by atoms with Crippen LogP contribution in [0.4, 0.5) is 0 Å². The molecule has 0 radical (unpaired) electrons. The van der Waals surface area contributed by atoms with Crippen molar-refractivity contribution < 1.29 is 14.3 Å². The van der Waals surface area contributed by atoms with Crippen molar-refractivity contribution in [3.05, 3.63) is 60.4 Å². The zero-order valence-electron chi connectivity index (χ0n) is 15.2. The molecule has 0 spiro atoms. The Balaban J connectivity index is 2.10. The summed E-state index contributed by atoms with van der Waals surface area (Å²) >= 11 is 0. The molecule has 1 aromatic carbocycles. The van der Waals surface area contributed by atoms with Crippen molar-refractivity contribution >= 4 is 17.2 Å². The summed E-state index contributed by atoms with van der Waals surface area (Å²) in [6.07, 6.45) is 1.79. The van der Waals surface area contributed by atoms with E-state index in [9.17, 15) is 9.59 Å². The Morgan fingerprint density at radius 3 is 2.50 bits per heavy atom. The van der Waals surface area contributed by atoms with Crippen molar-refractivity contribution in [1.29, 1.82) is 0 Å². The zero-order chi connectivity index (χ0) is 18.7. The van der Waals surface area contributed by atoms with E-state index in [1.165, 1.54) is 0 Å². The minimum atomic E-state index is -0.601. The molecule has 2 heterocycles. The summed E-state index contributed by atoms with van der Waals surface area (Å²) in [7, 11) is 0. The van der Waals surface area contributed by atoms with Gasteiger partial charge in [0.05, 0.1) is 6.61 Å². The Morgan fingerprint density at radius 2 is 1.85 bits per heavy atom. The number of ether oxygens (including phenoxy) is 1. The van der Waals surface area contributed by atoms with Gasteiger partial charge in [-0.2, -0.15) is 0 Å². The van der Waals surface area contributed by atoms with Gasteiger partial charge in [-0.3, -0.25) is 9.59 Å². The molecule has 0 aliphatic carbocycles. The molecule has 134 valence electrons. The lowest BCUT2D eigenvalue weighted by Gasteiger charge is -2.10. The fourth-order valence-electron chi connectivity index (χ4n) is 2.91. The number of amides is 1. The van der Waals surface area contributed by atoms with Crippen LogP contribution in [0.3, 0.4) is 0 Å². The maximum atomic E-state index is 12.9. The molecule has 0 aliphatic rings. The highest BCUT2D eigenvalue weighted by Gasteiger charge is 2.25. The third kappa shape index (κ3) is 3.47.